The number of benzene rings is 2. The van der Waals surface area contributed by atoms with E-state index in [1.54, 1.807) is 12.3 Å². The summed E-state index contributed by atoms with van der Waals surface area (Å²) in [6.45, 7) is 10.6. The van der Waals surface area contributed by atoms with Crippen LogP contribution in [0.1, 0.15) is 38.8 Å². The highest BCUT2D eigenvalue weighted by Crippen LogP contribution is 2.40. The van der Waals surface area contributed by atoms with Gasteiger partial charge in [0.2, 0.25) is 0 Å². The van der Waals surface area contributed by atoms with Crippen LogP contribution in [0.4, 0.5) is 0 Å². The van der Waals surface area contributed by atoms with Gasteiger partial charge < -0.3 is 15.0 Å². The van der Waals surface area contributed by atoms with Gasteiger partial charge >= 0.3 is 0 Å². The molecule has 0 fully saturated rings. The summed E-state index contributed by atoms with van der Waals surface area (Å²) < 4.78 is 7.21. The van der Waals surface area contributed by atoms with Crippen LogP contribution in [0.2, 0.25) is 0 Å². The molecule has 0 spiro atoms. The van der Waals surface area contributed by atoms with Crippen molar-refractivity contribution in [2.45, 2.75) is 34.6 Å². The molecule has 0 atom stereocenters. The summed E-state index contributed by atoms with van der Waals surface area (Å²) in [5, 5.41) is 3.31. The van der Waals surface area contributed by atoms with Crippen molar-refractivity contribution in [2.75, 3.05) is 6.54 Å². The Morgan fingerprint density at radius 3 is 2.41 bits per heavy atom. The fraction of sp³-hybridized carbons (Fsp3) is 0.231. The van der Waals surface area contributed by atoms with E-state index in [4.69, 9.17) is 4.74 Å². The molecule has 0 saturated carbocycles. The molecule has 0 unspecified atom stereocenters. The van der Waals surface area contributed by atoms with Crippen molar-refractivity contribution in [3.63, 3.8) is 0 Å². The lowest BCUT2D eigenvalue weighted by Crippen LogP contribution is -2.21. The van der Waals surface area contributed by atoms with Crippen LogP contribution in [0.25, 0.3) is 21.2 Å². The van der Waals surface area contributed by atoms with Gasteiger partial charge in [0.05, 0.1) is 15.0 Å². The quantitative estimate of drug-likeness (QED) is 0.393. The number of aromatic nitrogens is 1. The molecule has 1 amide bonds. The van der Waals surface area contributed by atoms with Crippen molar-refractivity contribution in [3.05, 3.63) is 80.1 Å². The van der Waals surface area contributed by atoms with Gasteiger partial charge in [-0.2, -0.15) is 0 Å². The van der Waals surface area contributed by atoms with E-state index >= 15 is 0 Å². The highest BCUT2D eigenvalue weighted by Gasteiger charge is 2.19. The Kier molecular flexibility index (Phi) is 5.89. The van der Waals surface area contributed by atoms with Gasteiger partial charge in [0.25, 0.3) is 11.5 Å². The zero-order valence-electron chi connectivity index (χ0n) is 18.9. The highest BCUT2D eigenvalue weighted by molar-refractivity contribution is 7.21. The second-order valence-electron chi connectivity index (χ2n) is 8.07. The Labute approximate surface area is 191 Å². The number of carbonyl (C=O) groups excluding carboxylic acids is 1. The van der Waals surface area contributed by atoms with Crippen LogP contribution in [0, 0.1) is 27.7 Å². The standard InChI is InChI=1S/C26H26N2O3S/c1-6-27-26(30)22-12-19-24(32-22)20(13-28-25(19)29)18-11-14(2)7-8-21(18)31-23-16(4)9-15(3)10-17(23)5/h7-13H,6H2,1-5H3,(H,27,30)(H,28,29). The van der Waals surface area contributed by atoms with E-state index in [0.29, 0.717) is 22.6 Å². The molecule has 2 aromatic carbocycles. The summed E-state index contributed by atoms with van der Waals surface area (Å²) in [5.74, 6) is 1.35. The van der Waals surface area contributed by atoms with E-state index in [1.165, 1.54) is 16.9 Å². The molecule has 0 saturated heterocycles. The van der Waals surface area contributed by atoms with Gasteiger partial charge in [-0.05, 0) is 63.9 Å². The van der Waals surface area contributed by atoms with Gasteiger partial charge in [0.1, 0.15) is 11.5 Å². The first-order chi connectivity index (χ1) is 15.3. The summed E-state index contributed by atoms with van der Waals surface area (Å²) >= 11 is 1.32. The fourth-order valence-electron chi connectivity index (χ4n) is 3.98. The van der Waals surface area contributed by atoms with E-state index in [9.17, 15) is 9.59 Å². The molecule has 2 aromatic heterocycles. The number of H-pyrrole nitrogens is 1. The van der Waals surface area contributed by atoms with Crippen LogP contribution in [-0.2, 0) is 0 Å². The lowest BCUT2D eigenvalue weighted by molar-refractivity contribution is 0.0960. The van der Waals surface area contributed by atoms with Crippen LogP contribution in [0.3, 0.4) is 0 Å². The zero-order valence-corrected chi connectivity index (χ0v) is 19.7. The van der Waals surface area contributed by atoms with Gasteiger partial charge in [-0.15, -0.1) is 11.3 Å². The Bertz CT molecular complexity index is 1380. The number of hydrogen-bond donors (Lipinski definition) is 2. The predicted octanol–water partition coefficient (Wildman–Crippen LogP) is 6.03. The van der Waals surface area contributed by atoms with Gasteiger partial charge in [-0.25, -0.2) is 0 Å². The minimum absolute atomic E-state index is 0.175. The monoisotopic (exact) mass is 446 g/mol. The number of amides is 1. The molecule has 4 rings (SSSR count). The summed E-state index contributed by atoms with van der Waals surface area (Å²) in [6, 6.07) is 11.9. The maximum Gasteiger partial charge on any atom is 0.261 e. The first-order valence-corrected chi connectivity index (χ1v) is 11.4. The summed E-state index contributed by atoms with van der Waals surface area (Å²) in [4.78, 5) is 28.3. The first-order valence-electron chi connectivity index (χ1n) is 10.6. The van der Waals surface area contributed by atoms with E-state index in [-0.39, 0.29) is 11.5 Å². The molecular weight excluding hydrogens is 420 g/mol. The predicted molar refractivity (Wildman–Crippen MR) is 131 cm³/mol. The molecule has 0 bridgehead atoms. The maximum absolute atomic E-state index is 12.5. The first kappa shape index (κ1) is 21.8. The minimum Gasteiger partial charge on any atom is -0.456 e. The van der Waals surface area contributed by atoms with Gasteiger partial charge in [0.15, 0.2) is 0 Å². The fourth-order valence-corrected chi connectivity index (χ4v) is 5.08. The Balaban J connectivity index is 1.89. The number of aromatic amines is 1. The third kappa shape index (κ3) is 4.06. The number of ether oxygens (including phenoxy) is 1. The number of pyridine rings is 1. The number of fused-ring (bicyclic) bond motifs is 1. The maximum atomic E-state index is 12.5. The average molecular weight is 447 g/mol. The molecule has 0 aliphatic rings. The van der Waals surface area contributed by atoms with E-state index in [1.807, 2.05) is 45.9 Å². The number of carbonyl (C=O) groups is 1. The topological polar surface area (TPSA) is 71.2 Å². The number of aryl methyl sites for hydroxylation is 4. The molecule has 0 radical (unpaired) electrons. The summed E-state index contributed by atoms with van der Waals surface area (Å²) in [5.41, 5.74) is 5.89. The van der Waals surface area contributed by atoms with Gasteiger partial charge in [0, 0.05) is 23.9 Å². The van der Waals surface area contributed by atoms with E-state index < -0.39 is 0 Å². The minimum atomic E-state index is -0.212. The second-order valence-corrected chi connectivity index (χ2v) is 9.13. The molecule has 2 N–H and O–H groups in total. The van der Waals surface area contributed by atoms with Crippen LogP contribution < -0.4 is 15.6 Å². The Morgan fingerprint density at radius 1 is 1.00 bits per heavy atom. The Hall–Kier alpha value is -3.38. The smallest absolute Gasteiger partial charge is 0.261 e. The van der Waals surface area contributed by atoms with Gasteiger partial charge in [-0.3, -0.25) is 9.59 Å². The average Bonchev–Trinajstić information content (AvgIpc) is 3.19. The number of rotatable bonds is 5. The Morgan fingerprint density at radius 2 is 1.72 bits per heavy atom. The normalized spacial score (nSPS) is 11.0. The number of nitrogens with one attached hydrogen (secondary N) is 2. The number of thiophene rings is 1. The largest absolute Gasteiger partial charge is 0.456 e. The SMILES string of the molecule is CCNC(=O)c1cc2c(=O)[nH]cc(-c3cc(C)ccc3Oc3c(C)cc(C)cc3C)c2s1. The molecule has 0 aliphatic heterocycles. The number of hydrogen-bond acceptors (Lipinski definition) is 4. The molecule has 164 valence electrons. The van der Waals surface area contributed by atoms with Crippen molar-refractivity contribution in [3.8, 4) is 22.6 Å². The van der Waals surface area contributed by atoms with Crippen molar-refractivity contribution < 1.29 is 9.53 Å². The summed E-state index contributed by atoms with van der Waals surface area (Å²) in [7, 11) is 0. The van der Waals surface area contributed by atoms with Crippen molar-refractivity contribution in [1.29, 1.82) is 0 Å². The molecule has 5 nitrogen and oxygen atoms in total. The molecule has 2 heterocycles. The summed E-state index contributed by atoms with van der Waals surface area (Å²) in [6.07, 6.45) is 1.71. The van der Waals surface area contributed by atoms with E-state index in [2.05, 4.69) is 29.4 Å². The lowest BCUT2D eigenvalue weighted by atomic mass is 10.0. The van der Waals surface area contributed by atoms with Crippen LogP contribution >= 0.6 is 11.3 Å². The van der Waals surface area contributed by atoms with Crippen molar-refractivity contribution in [2.24, 2.45) is 0 Å². The third-order valence-electron chi connectivity index (χ3n) is 5.37. The molecule has 6 heteroatoms. The molecule has 0 aliphatic carbocycles. The van der Waals surface area contributed by atoms with E-state index in [0.717, 1.165) is 38.3 Å². The van der Waals surface area contributed by atoms with Gasteiger partial charge in [-0.1, -0.05) is 29.3 Å². The molecule has 32 heavy (non-hydrogen) atoms. The second kappa shape index (κ2) is 8.63. The highest BCUT2D eigenvalue weighted by atomic mass is 32.1. The third-order valence-corrected chi connectivity index (χ3v) is 6.54. The molecule has 4 aromatic rings. The lowest BCUT2D eigenvalue weighted by Gasteiger charge is -2.17. The molecular formula is C26H26N2O3S. The zero-order chi connectivity index (χ0) is 23.0. The van der Waals surface area contributed by atoms with Crippen LogP contribution in [0.15, 0.2) is 47.4 Å². The van der Waals surface area contributed by atoms with Crippen molar-refractivity contribution in [1.82, 2.24) is 10.3 Å². The van der Waals surface area contributed by atoms with Crippen LogP contribution in [-0.4, -0.2) is 17.4 Å². The van der Waals surface area contributed by atoms with Crippen LogP contribution in [0.5, 0.6) is 11.5 Å². The van der Waals surface area contributed by atoms with Crippen molar-refractivity contribution >= 4 is 27.3 Å².